The number of sulfonamides is 1. The Bertz CT molecular complexity index is 493. The Balaban J connectivity index is 3.08. The molecule has 1 heterocycles. The van der Waals surface area contributed by atoms with Crippen LogP contribution in [0.5, 0.6) is 0 Å². The molecule has 0 saturated carbocycles. The first-order valence-corrected chi connectivity index (χ1v) is 7.07. The van der Waals surface area contributed by atoms with Crippen molar-refractivity contribution in [1.82, 2.24) is 4.72 Å². The van der Waals surface area contributed by atoms with E-state index < -0.39 is 22.0 Å². The van der Waals surface area contributed by atoms with E-state index in [1.165, 1.54) is 25.5 Å². The summed E-state index contributed by atoms with van der Waals surface area (Å²) >= 11 is 0.988. The number of ether oxygens (including phenoxy) is 1. The minimum absolute atomic E-state index is 0.0186. The van der Waals surface area contributed by atoms with Crippen LogP contribution in [0, 0.1) is 0 Å². The third-order valence-electron chi connectivity index (χ3n) is 1.92. The van der Waals surface area contributed by atoms with Gasteiger partial charge in [-0.15, -0.1) is 11.3 Å². The van der Waals surface area contributed by atoms with Gasteiger partial charge in [-0.2, -0.15) is 0 Å². The average molecular weight is 279 g/mol. The molecule has 1 atom stereocenters. The van der Waals surface area contributed by atoms with Crippen molar-refractivity contribution in [2.75, 3.05) is 13.7 Å². The van der Waals surface area contributed by atoms with Crippen molar-refractivity contribution in [2.45, 2.75) is 17.9 Å². The van der Waals surface area contributed by atoms with Crippen molar-refractivity contribution in [3.8, 4) is 0 Å². The largest absolute Gasteiger partial charge is 0.465 e. The van der Waals surface area contributed by atoms with Crippen LogP contribution in [-0.2, 0) is 14.8 Å². The number of methoxy groups -OCH3 is 1. The van der Waals surface area contributed by atoms with E-state index in [1.807, 2.05) is 0 Å². The van der Waals surface area contributed by atoms with Gasteiger partial charge in [0.15, 0.2) is 0 Å². The van der Waals surface area contributed by atoms with Crippen molar-refractivity contribution >= 4 is 27.3 Å². The quantitative estimate of drug-likeness (QED) is 0.751. The molecular weight excluding hydrogens is 266 g/mol. The molecule has 0 aliphatic rings. The van der Waals surface area contributed by atoms with Crippen molar-refractivity contribution in [3.05, 3.63) is 16.3 Å². The number of carbonyl (C=O) groups excluding carboxylic acids is 1. The van der Waals surface area contributed by atoms with E-state index in [9.17, 15) is 13.2 Å². The van der Waals surface area contributed by atoms with Gasteiger partial charge in [-0.1, -0.05) is 0 Å². The van der Waals surface area contributed by atoms with E-state index in [0.717, 1.165) is 11.3 Å². The van der Waals surface area contributed by atoms with E-state index in [4.69, 9.17) is 5.11 Å². The summed E-state index contributed by atoms with van der Waals surface area (Å²) in [6, 6.07) is 0.703. The summed E-state index contributed by atoms with van der Waals surface area (Å²) in [5, 5.41) is 10.3. The monoisotopic (exact) mass is 279 g/mol. The van der Waals surface area contributed by atoms with E-state index in [2.05, 4.69) is 9.46 Å². The van der Waals surface area contributed by atoms with E-state index in [0.29, 0.717) is 0 Å². The fourth-order valence-electron chi connectivity index (χ4n) is 1.12. The van der Waals surface area contributed by atoms with Gasteiger partial charge in [0.2, 0.25) is 10.0 Å². The van der Waals surface area contributed by atoms with Gasteiger partial charge in [0.25, 0.3) is 0 Å². The Morgan fingerprint density at radius 3 is 2.82 bits per heavy atom. The molecule has 2 N–H and O–H groups in total. The molecule has 0 spiro atoms. The van der Waals surface area contributed by atoms with Crippen molar-refractivity contribution < 1.29 is 23.1 Å². The number of aliphatic hydroxyl groups is 1. The van der Waals surface area contributed by atoms with Crippen LogP contribution in [0.2, 0.25) is 0 Å². The van der Waals surface area contributed by atoms with Crippen LogP contribution >= 0.6 is 11.3 Å². The third kappa shape index (κ3) is 3.25. The molecule has 17 heavy (non-hydrogen) atoms. The summed E-state index contributed by atoms with van der Waals surface area (Å²) in [6.45, 7) is 1.19. The van der Waals surface area contributed by atoms with E-state index in [1.54, 1.807) is 0 Å². The fourth-order valence-corrected chi connectivity index (χ4v) is 3.69. The molecule has 8 heteroatoms. The number of esters is 1. The highest BCUT2D eigenvalue weighted by Gasteiger charge is 2.25. The summed E-state index contributed by atoms with van der Waals surface area (Å²) in [6.07, 6.45) is 0. The molecule has 0 aromatic carbocycles. The summed E-state index contributed by atoms with van der Waals surface area (Å²) in [7, 11) is -2.63. The Morgan fingerprint density at radius 1 is 1.65 bits per heavy atom. The van der Waals surface area contributed by atoms with Gasteiger partial charge in [-0.3, -0.25) is 0 Å². The van der Waals surface area contributed by atoms with Crippen LogP contribution in [0.25, 0.3) is 0 Å². The summed E-state index contributed by atoms with van der Waals surface area (Å²) in [4.78, 5) is 11.2. The second-order valence-electron chi connectivity index (χ2n) is 3.31. The number of thiophene rings is 1. The van der Waals surface area contributed by atoms with Crippen LogP contribution in [0.4, 0.5) is 0 Å². The minimum Gasteiger partial charge on any atom is -0.465 e. The predicted molar refractivity (Wildman–Crippen MR) is 62.5 cm³/mol. The maximum absolute atomic E-state index is 11.9. The van der Waals surface area contributed by atoms with Crippen molar-refractivity contribution in [2.24, 2.45) is 0 Å². The Kier molecular flexibility index (Phi) is 4.63. The highest BCUT2D eigenvalue weighted by Crippen LogP contribution is 2.22. The number of hydrogen-bond acceptors (Lipinski definition) is 6. The zero-order valence-electron chi connectivity index (χ0n) is 9.34. The number of hydrogen-bond donors (Lipinski definition) is 2. The summed E-state index contributed by atoms with van der Waals surface area (Å²) in [5.74, 6) is -0.697. The van der Waals surface area contributed by atoms with Gasteiger partial charge >= 0.3 is 5.97 Å². The van der Waals surface area contributed by atoms with Crippen LogP contribution in [0.15, 0.2) is 16.3 Å². The van der Waals surface area contributed by atoms with Crippen molar-refractivity contribution in [3.63, 3.8) is 0 Å². The Hall–Kier alpha value is -0.960. The zero-order valence-corrected chi connectivity index (χ0v) is 11.0. The van der Waals surface area contributed by atoms with Crippen LogP contribution < -0.4 is 4.72 Å². The van der Waals surface area contributed by atoms with E-state index in [-0.39, 0.29) is 16.4 Å². The van der Waals surface area contributed by atoms with Crippen LogP contribution in [0.3, 0.4) is 0 Å². The summed E-state index contributed by atoms with van der Waals surface area (Å²) < 4.78 is 30.5. The number of nitrogens with one attached hydrogen (secondary N) is 1. The number of carbonyl (C=O) groups is 1. The highest BCUT2D eigenvalue weighted by molar-refractivity contribution is 7.89. The first-order chi connectivity index (χ1) is 7.92. The lowest BCUT2D eigenvalue weighted by Crippen LogP contribution is -2.35. The Labute approximate surface area is 103 Å². The molecule has 6 nitrogen and oxygen atoms in total. The Morgan fingerprint density at radius 2 is 2.29 bits per heavy atom. The second kappa shape index (κ2) is 5.58. The molecule has 0 bridgehead atoms. The lowest BCUT2D eigenvalue weighted by atomic mass is 10.4. The van der Waals surface area contributed by atoms with Gasteiger partial charge in [0.1, 0.15) is 9.77 Å². The topological polar surface area (TPSA) is 92.7 Å². The molecule has 0 radical (unpaired) electrons. The smallest absolute Gasteiger partial charge is 0.349 e. The molecule has 0 fully saturated rings. The molecule has 0 aliphatic carbocycles. The standard InChI is InChI=1S/C9H13NO5S2/c1-6(5-11)10-17(13,14)7-3-4-16-8(7)9(12)15-2/h3-4,6,10-11H,5H2,1-2H3/t6-/m1/s1. The predicted octanol–water partition coefficient (Wildman–Crippen LogP) is 0.194. The highest BCUT2D eigenvalue weighted by atomic mass is 32.2. The van der Waals surface area contributed by atoms with Crippen LogP contribution in [0.1, 0.15) is 16.6 Å². The molecule has 1 aromatic rings. The van der Waals surface area contributed by atoms with E-state index >= 15 is 0 Å². The number of rotatable bonds is 5. The van der Waals surface area contributed by atoms with Gasteiger partial charge in [0, 0.05) is 6.04 Å². The molecule has 0 unspecified atom stereocenters. The third-order valence-corrected chi connectivity index (χ3v) is 4.58. The van der Waals surface area contributed by atoms with Gasteiger partial charge < -0.3 is 9.84 Å². The van der Waals surface area contributed by atoms with Gasteiger partial charge in [-0.05, 0) is 18.4 Å². The minimum atomic E-state index is -3.81. The first-order valence-electron chi connectivity index (χ1n) is 4.71. The molecule has 1 rings (SSSR count). The van der Waals surface area contributed by atoms with Gasteiger partial charge in [-0.25, -0.2) is 17.9 Å². The summed E-state index contributed by atoms with van der Waals surface area (Å²) in [5.41, 5.74) is 0. The van der Waals surface area contributed by atoms with Crippen LogP contribution in [-0.4, -0.2) is 39.3 Å². The normalized spacial score (nSPS) is 13.4. The second-order valence-corrected chi connectivity index (χ2v) is 5.91. The maximum atomic E-state index is 11.9. The SMILES string of the molecule is COC(=O)c1sccc1S(=O)(=O)N[C@H](C)CO. The zero-order chi connectivity index (χ0) is 13.1. The first kappa shape index (κ1) is 14.1. The fraction of sp³-hybridized carbons (Fsp3) is 0.444. The maximum Gasteiger partial charge on any atom is 0.349 e. The molecule has 0 amide bonds. The molecule has 96 valence electrons. The molecule has 0 saturated heterocycles. The molecular formula is C9H13NO5S2. The average Bonchev–Trinajstić information content (AvgIpc) is 2.76. The molecule has 0 aliphatic heterocycles. The molecule has 1 aromatic heterocycles. The lowest BCUT2D eigenvalue weighted by Gasteiger charge is -2.11. The lowest BCUT2D eigenvalue weighted by molar-refractivity contribution is 0.0602. The van der Waals surface area contributed by atoms with Crippen molar-refractivity contribution in [1.29, 1.82) is 0 Å². The van der Waals surface area contributed by atoms with Gasteiger partial charge in [0.05, 0.1) is 13.7 Å². The number of aliphatic hydroxyl groups excluding tert-OH is 1.